The average molecular weight is 260 g/mol. The Bertz CT molecular complexity index is 528. The lowest BCUT2D eigenvalue weighted by Gasteiger charge is -2.14. The number of likely N-dealkylation sites (tertiary alicyclic amines) is 1. The van der Waals surface area contributed by atoms with E-state index in [0.29, 0.717) is 18.6 Å². The summed E-state index contributed by atoms with van der Waals surface area (Å²) in [6.07, 6.45) is 5.33. The van der Waals surface area contributed by atoms with E-state index in [2.05, 4.69) is 5.16 Å². The standard InChI is InChI=1S/C14H16N2O3/c1-8-12(9(2)19-15-8)7-16-13(17)10-5-3-4-6-11(10)14(16)18/h3-4,10-11H,5-7H2,1-2H3. The molecule has 0 spiro atoms. The van der Waals surface area contributed by atoms with Crippen LogP contribution in [0.4, 0.5) is 0 Å². The predicted octanol–water partition coefficient (Wildman–Crippen LogP) is 1.74. The SMILES string of the molecule is Cc1noc(C)c1CN1C(=O)C2CC=CCC2C1=O. The second-order valence-corrected chi connectivity index (χ2v) is 5.22. The molecule has 2 unspecified atom stereocenters. The number of aryl methyl sites for hydroxylation is 2. The third-order valence-electron chi connectivity index (χ3n) is 4.10. The lowest BCUT2D eigenvalue weighted by atomic mass is 9.85. The topological polar surface area (TPSA) is 63.4 Å². The monoisotopic (exact) mass is 260 g/mol. The van der Waals surface area contributed by atoms with E-state index in [0.717, 1.165) is 11.3 Å². The Morgan fingerprint density at radius 3 is 2.26 bits per heavy atom. The van der Waals surface area contributed by atoms with Crippen molar-refractivity contribution in [3.8, 4) is 0 Å². The maximum absolute atomic E-state index is 12.3. The molecule has 5 nitrogen and oxygen atoms in total. The van der Waals surface area contributed by atoms with Gasteiger partial charge in [0.15, 0.2) is 0 Å². The first kappa shape index (κ1) is 12.1. The second-order valence-electron chi connectivity index (χ2n) is 5.22. The Kier molecular flexibility index (Phi) is 2.77. The van der Waals surface area contributed by atoms with Crippen molar-refractivity contribution in [2.24, 2.45) is 11.8 Å². The van der Waals surface area contributed by atoms with Crippen molar-refractivity contribution in [1.29, 1.82) is 0 Å². The molecule has 0 aromatic carbocycles. The number of allylic oxidation sites excluding steroid dienone is 2. The Labute approximate surface area is 111 Å². The van der Waals surface area contributed by atoms with Crippen LogP contribution in [0.3, 0.4) is 0 Å². The van der Waals surface area contributed by atoms with Crippen molar-refractivity contribution in [3.05, 3.63) is 29.2 Å². The van der Waals surface area contributed by atoms with Gasteiger partial charge >= 0.3 is 0 Å². The van der Waals surface area contributed by atoms with Gasteiger partial charge in [-0.05, 0) is 26.7 Å². The number of carbonyl (C=O) groups excluding carboxylic acids is 2. The van der Waals surface area contributed by atoms with Crippen molar-refractivity contribution >= 4 is 11.8 Å². The molecular weight excluding hydrogens is 244 g/mol. The molecule has 2 atom stereocenters. The van der Waals surface area contributed by atoms with Crippen molar-refractivity contribution in [1.82, 2.24) is 10.1 Å². The number of aromatic nitrogens is 1. The van der Waals surface area contributed by atoms with Gasteiger partial charge < -0.3 is 4.52 Å². The summed E-state index contributed by atoms with van der Waals surface area (Å²) in [4.78, 5) is 26.0. The van der Waals surface area contributed by atoms with Crippen molar-refractivity contribution in [2.75, 3.05) is 0 Å². The predicted molar refractivity (Wildman–Crippen MR) is 66.9 cm³/mol. The zero-order chi connectivity index (χ0) is 13.6. The van der Waals surface area contributed by atoms with Crippen LogP contribution in [0, 0.1) is 25.7 Å². The van der Waals surface area contributed by atoms with Crippen LogP contribution in [-0.2, 0) is 16.1 Å². The normalized spacial score (nSPS) is 26.1. The summed E-state index contributed by atoms with van der Waals surface area (Å²) in [5.74, 6) is 0.223. The zero-order valence-electron chi connectivity index (χ0n) is 11.0. The smallest absolute Gasteiger partial charge is 0.233 e. The quantitative estimate of drug-likeness (QED) is 0.600. The average Bonchev–Trinajstić information content (AvgIpc) is 2.85. The van der Waals surface area contributed by atoms with E-state index in [-0.39, 0.29) is 30.2 Å². The molecule has 1 aromatic heterocycles. The molecule has 0 saturated carbocycles. The van der Waals surface area contributed by atoms with Gasteiger partial charge in [-0.15, -0.1) is 0 Å². The Balaban J connectivity index is 1.86. The highest BCUT2D eigenvalue weighted by molar-refractivity contribution is 6.05. The summed E-state index contributed by atoms with van der Waals surface area (Å²) in [5, 5.41) is 3.86. The minimum absolute atomic E-state index is 0.0562. The maximum Gasteiger partial charge on any atom is 0.233 e. The number of rotatable bonds is 2. The highest BCUT2D eigenvalue weighted by Gasteiger charge is 2.47. The number of nitrogens with zero attached hydrogens (tertiary/aromatic N) is 2. The first-order valence-electron chi connectivity index (χ1n) is 6.51. The summed E-state index contributed by atoms with van der Waals surface area (Å²) >= 11 is 0. The lowest BCUT2D eigenvalue weighted by Crippen LogP contribution is -2.30. The molecule has 1 fully saturated rings. The second kappa shape index (κ2) is 4.33. The van der Waals surface area contributed by atoms with Crippen LogP contribution in [0.2, 0.25) is 0 Å². The molecule has 0 N–H and O–H groups in total. The summed E-state index contributed by atoms with van der Waals surface area (Å²) in [6, 6.07) is 0. The molecule has 19 heavy (non-hydrogen) atoms. The van der Waals surface area contributed by atoms with Gasteiger partial charge in [-0.3, -0.25) is 14.5 Å². The van der Waals surface area contributed by atoms with E-state index in [1.807, 2.05) is 19.1 Å². The van der Waals surface area contributed by atoms with Gasteiger partial charge in [0.2, 0.25) is 11.8 Å². The molecule has 1 aromatic rings. The molecule has 2 amide bonds. The zero-order valence-corrected chi connectivity index (χ0v) is 11.0. The van der Waals surface area contributed by atoms with E-state index in [9.17, 15) is 9.59 Å². The van der Waals surface area contributed by atoms with Crippen LogP contribution < -0.4 is 0 Å². The molecule has 0 bridgehead atoms. The molecule has 1 aliphatic carbocycles. The Morgan fingerprint density at radius 2 is 1.79 bits per heavy atom. The van der Waals surface area contributed by atoms with E-state index < -0.39 is 0 Å². The molecule has 0 radical (unpaired) electrons. The summed E-state index contributed by atoms with van der Waals surface area (Å²) in [6.45, 7) is 3.91. The van der Waals surface area contributed by atoms with E-state index in [1.165, 1.54) is 4.90 Å². The number of imide groups is 1. The van der Waals surface area contributed by atoms with Crippen LogP contribution in [0.15, 0.2) is 16.7 Å². The number of hydrogen-bond donors (Lipinski definition) is 0. The lowest BCUT2D eigenvalue weighted by molar-refractivity contribution is -0.140. The molecular formula is C14H16N2O3. The summed E-state index contributed by atoms with van der Waals surface area (Å²) in [5.41, 5.74) is 1.58. The first-order valence-corrected chi connectivity index (χ1v) is 6.51. The van der Waals surface area contributed by atoms with Gasteiger partial charge in [0.1, 0.15) is 5.76 Å². The van der Waals surface area contributed by atoms with Crippen molar-refractivity contribution in [2.45, 2.75) is 33.2 Å². The number of amides is 2. The van der Waals surface area contributed by atoms with E-state index >= 15 is 0 Å². The van der Waals surface area contributed by atoms with Gasteiger partial charge in [-0.2, -0.15) is 0 Å². The first-order chi connectivity index (χ1) is 9.09. The molecule has 100 valence electrons. The molecule has 1 aliphatic heterocycles. The van der Waals surface area contributed by atoms with Gasteiger partial charge in [-0.1, -0.05) is 17.3 Å². The van der Waals surface area contributed by atoms with Crippen LogP contribution >= 0.6 is 0 Å². The Morgan fingerprint density at radius 1 is 1.21 bits per heavy atom. The van der Waals surface area contributed by atoms with E-state index in [4.69, 9.17) is 4.52 Å². The minimum Gasteiger partial charge on any atom is -0.361 e. The van der Waals surface area contributed by atoms with Crippen molar-refractivity contribution in [3.63, 3.8) is 0 Å². The summed E-state index contributed by atoms with van der Waals surface area (Å²) in [7, 11) is 0. The van der Waals surface area contributed by atoms with Gasteiger partial charge in [0.25, 0.3) is 0 Å². The highest BCUT2D eigenvalue weighted by Crippen LogP contribution is 2.36. The molecule has 5 heteroatoms. The fourth-order valence-electron chi connectivity index (χ4n) is 2.91. The fourth-order valence-corrected chi connectivity index (χ4v) is 2.91. The third-order valence-corrected chi connectivity index (χ3v) is 4.10. The highest BCUT2D eigenvalue weighted by atomic mass is 16.5. The molecule has 2 heterocycles. The fraction of sp³-hybridized carbons (Fsp3) is 0.500. The van der Waals surface area contributed by atoms with Crippen LogP contribution in [0.1, 0.15) is 29.9 Å². The van der Waals surface area contributed by atoms with Gasteiger partial charge in [0, 0.05) is 5.56 Å². The van der Waals surface area contributed by atoms with Crippen LogP contribution in [0.25, 0.3) is 0 Å². The largest absolute Gasteiger partial charge is 0.361 e. The molecule has 1 saturated heterocycles. The Hall–Kier alpha value is -1.91. The molecule has 2 aliphatic rings. The third kappa shape index (κ3) is 1.80. The van der Waals surface area contributed by atoms with Crippen LogP contribution in [-0.4, -0.2) is 21.9 Å². The number of fused-ring (bicyclic) bond motifs is 1. The van der Waals surface area contributed by atoms with Crippen molar-refractivity contribution < 1.29 is 14.1 Å². The minimum atomic E-state index is -0.169. The van der Waals surface area contributed by atoms with Gasteiger partial charge in [0.05, 0.1) is 24.1 Å². The van der Waals surface area contributed by atoms with E-state index in [1.54, 1.807) is 6.92 Å². The van der Waals surface area contributed by atoms with Crippen LogP contribution in [0.5, 0.6) is 0 Å². The molecule has 3 rings (SSSR count). The number of hydrogen-bond acceptors (Lipinski definition) is 4. The van der Waals surface area contributed by atoms with Gasteiger partial charge in [-0.25, -0.2) is 0 Å². The number of carbonyl (C=O) groups is 2. The summed E-state index contributed by atoms with van der Waals surface area (Å²) < 4.78 is 5.08. The maximum atomic E-state index is 12.3.